The fourth-order valence-electron chi connectivity index (χ4n) is 2.48. The fourth-order valence-corrected chi connectivity index (χ4v) is 2.48. The molecule has 1 aliphatic carbocycles. The molecule has 6 nitrogen and oxygen atoms in total. The Balaban J connectivity index is 1.91. The minimum absolute atomic E-state index is 0.0366. The summed E-state index contributed by atoms with van der Waals surface area (Å²) in [5.74, 6) is -1.52. The Kier molecular flexibility index (Phi) is 3.95. The van der Waals surface area contributed by atoms with Gasteiger partial charge < -0.3 is 4.74 Å². The average molecular weight is 262 g/mol. The maximum atomic E-state index is 12.0. The monoisotopic (exact) mass is 262 g/mol. The number of carbonyl (C=O) groups is 3. The maximum absolute atomic E-state index is 12.0. The summed E-state index contributed by atoms with van der Waals surface area (Å²) in [6.07, 6.45) is 4.94. The number of imide groups is 1. The molecule has 1 saturated heterocycles. The lowest BCUT2D eigenvalue weighted by molar-refractivity contribution is -0.144. The Morgan fingerprint density at radius 1 is 1.32 bits per heavy atom. The Labute approximate surface area is 110 Å². The predicted octanol–water partition coefficient (Wildman–Crippen LogP) is 0.394. The van der Waals surface area contributed by atoms with Crippen molar-refractivity contribution in [1.29, 1.82) is 5.26 Å². The molecule has 0 bridgehead atoms. The van der Waals surface area contributed by atoms with Crippen molar-refractivity contribution in [3.63, 3.8) is 0 Å². The minimum Gasteiger partial charge on any atom is -0.450 e. The number of fused-ring (bicyclic) bond motifs is 1. The number of hydrogen-bond donors (Lipinski definition) is 0. The van der Waals surface area contributed by atoms with Crippen LogP contribution in [0.3, 0.4) is 0 Å². The highest BCUT2D eigenvalue weighted by molar-refractivity contribution is 6.05. The van der Waals surface area contributed by atoms with Gasteiger partial charge in [0.05, 0.1) is 18.3 Å². The molecule has 0 spiro atoms. The molecule has 1 aliphatic heterocycles. The van der Waals surface area contributed by atoms with Gasteiger partial charge in [-0.25, -0.2) is 0 Å². The highest BCUT2D eigenvalue weighted by Gasteiger charge is 2.46. The van der Waals surface area contributed by atoms with Crippen LogP contribution in [0.15, 0.2) is 12.2 Å². The number of nitriles is 1. The molecule has 1 heterocycles. The minimum atomic E-state index is -0.574. The average Bonchev–Trinajstić information content (AvgIpc) is 2.67. The summed E-state index contributed by atoms with van der Waals surface area (Å²) < 4.78 is 4.58. The molecular weight excluding hydrogens is 248 g/mol. The zero-order chi connectivity index (χ0) is 13.8. The van der Waals surface area contributed by atoms with Crippen molar-refractivity contribution in [3.8, 4) is 6.07 Å². The summed E-state index contributed by atoms with van der Waals surface area (Å²) in [5.41, 5.74) is 0. The zero-order valence-corrected chi connectivity index (χ0v) is 10.4. The van der Waals surface area contributed by atoms with Crippen molar-refractivity contribution in [3.05, 3.63) is 12.2 Å². The topological polar surface area (TPSA) is 87.5 Å². The summed E-state index contributed by atoms with van der Waals surface area (Å²) in [6.45, 7) is -0.273. The van der Waals surface area contributed by atoms with Gasteiger partial charge in [0.2, 0.25) is 11.8 Å². The summed E-state index contributed by atoms with van der Waals surface area (Å²) in [4.78, 5) is 36.5. The number of carbonyl (C=O) groups excluding carboxylic acids is 3. The molecule has 0 unspecified atom stereocenters. The van der Waals surface area contributed by atoms with Crippen molar-refractivity contribution in [2.75, 3.05) is 13.2 Å². The number of esters is 1. The first-order chi connectivity index (χ1) is 9.15. The Morgan fingerprint density at radius 3 is 2.42 bits per heavy atom. The third-order valence-electron chi connectivity index (χ3n) is 3.44. The molecule has 0 radical (unpaired) electrons. The van der Waals surface area contributed by atoms with Crippen LogP contribution in [0.25, 0.3) is 0 Å². The zero-order valence-electron chi connectivity index (χ0n) is 10.4. The fraction of sp³-hybridized carbons (Fsp3) is 0.538. The van der Waals surface area contributed by atoms with E-state index in [0.717, 1.165) is 4.90 Å². The van der Waals surface area contributed by atoms with E-state index in [1.54, 1.807) is 6.07 Å². The highest BCUT2D eigenvalue weighted by Crippen LogP contribution is 2.34. The maximum Gasteiger partial charge on any atom is 0.308 e. The number of hydrogen-bond acceptors (Lipinski definition) is 5. The molecule has 0 aromatic rings. The third kappa shape index (κ3) is 2.65. The number of nitrogens with zero attached hydrogens (tertiary/aromatic N) is 2. The van der Waals surface area contributed by atoms with Crippen LogP contribution in [0, 0.1) is 23.2 Å². The van der Waals surface area contributed by atoms with E-state index in [1.165, 1.54) is 0 Å². The van der Waals surface area contributed by atoms with Crippen LogP contribution in [0.1, 0.15) is 19.3 Å². The first kappa shape index (κ1) is 13.3. The molecule has 6 heteroatoms. The van der Waals surface area contributed by atoms with E-state index in [4.69, 9.17) is 5.26 Å². The molecule has 2 aliphatic rings. The molecule has 0 saturated carbocycles. The SMILES string of the molecule is N#CCOC(=O)CCN1C(=O)[C@@H]2CC=CC[C@H]2C1=O. The second-order valence-corrected chi connectivity index (χ2v) is 4.55. The number of amides is 2. The van der Waals surface area contributed by atoms with Gasteiger partial charge in [-0.1, -0.05) is 12.2 Å². The lowest BCUT2D eigenvalue weighted by Gasteiger charge is -2.14. The molecule has 19 heavy (non-hydrogen) atoms. The summed E-state index contributed by atoms with van der Waals surface area (Å²) >= 11 is 0. The quantitative estimate of drug-likeness (QED) is 0.415. The predicted molar refractivity (Wildman–Crippen MR) is 63.3 cm³/mol. The van der Waals surface area contributed by atoms with E-state index in [1.807, 2.05) is 12.2 Å². The van der Waals surface area contributed by atoms with Gasteiger partial charge in [-0.2, -0.15) is 5.26 Å². The number of likely N-dealkylation sites (tertiary alicyclic amines) is 1. The van der Waals surface area contributed by atoms with E-state index in [-0.39, 0.29) is 43.2 Å². The van der Waals surface area contributed by atoms with E-state index in [9.17, 15) is 14.4 Å². The van der Waals surface area contributed by atoms with Crippen LogP contribution < -0.4 is 0 Å². The van der Waals surface area contributed by atoms with Gasteiger partial charge in [0.15, 0.2) is 6.61 Å². The van der Waals surface area contributed by atoms with Gasteiger partial charge >= 0.3 is 5.97 Å². The second-order valence-electron chi connectivity index (χ2n) is 4.55. The first-order valence-corrected chi connectivity index (χ1v) is 6.18. The van der Waals surface area contributed by atoms with E-state index in [2.05, 4.69) is 4.74 Å². The second kappa shape index (κ2) is 5.65. The van der Waals surface area contributed by atoms with Gasteiger partial charge in [0, 0.05) is 6.54 Å². The van der Waals surface area contributed by atoms with Crippen molar-refractivity contribution < 1.29 is 19.1 Å². The largest absolute Gasteiger partial charge is 0.450 e. The number of ether oxygens (including phenoxy) is 1. The van der Waals surface area contributed by atoms with Crippen LogP contribution >= 0.6 is 0 Å². The lowest BCUT2D eigenvalue weighted by atomic mass is 9.85. The smallest absolute Gasteiger partial charge is 0.308 e. The van der Waals surface area contributed by atoms with Crippen LogP contribution in [0.4, 0.5) is 0 Å². The molecular formula is C13H14N2O4. The molecule has 0 aromatic heterocycles. The van der Waals surface area contributed by atoms with Crippen molar-refractivity contribution in [1.82, 2.24) is 4.90 Å². The number of allylic oxidation sites excluding steroid dienone is 2. The van der Waals surface area contributed by atoms with Gasteiger partial charge in [0.1, 0.15) is 6.07 Å². The summed E-state index contributed by atoms with van der Waals surface area (Å²) in [7, 11) is 0. The molecule has 2 rings (SSSR count). The lowest BCUT2D eigenvalue weighted by Crippen LogP contribution is -2.33. The van der Waals surface area contributed by atoms with Gasteiger partial charge in [0.25, 0.3) is 0 Å². The molecule has 1 fully saturated rings. The highest BCUT2D eigenvalue weighted by atomic mass is 16.5. The Morgan fingerprint density at radius 2 is 1.89 bits per heavy atom. The molecule has 0 N–H and O–H groups in total. The van der Waals surface area contributed by atoms with Crippen LogP contribution in [0.5, 0.6) is 0 Å². The molecule has 100 valence electrons. The Bertz CT molecular complexity index is 452. The van der Waals surface area contributed by atoms with Crippen molar-refractivity contribution >= 4 is 17.8 Å². The summed E-state index contributed by atoms with van der Waals surface area (Å²) in [6, 6.07) is 1.69. The molecule has 0 aromatic carbocycles. The van der Waals surface area contributed by atoms with E-state index >= 15 is 0 Å². The van der Waals surface area contributed by atoms with Crippen LogP contribution in [-0.4, -0.2) is 35.8 Å². The van der Waals surface area contributed by atoms with Crippen LogP contribution in [-0.2, 0) is 19.1 Å². The van der Waals surface area contributed by atoms with Gasteiger partial charge in [-0.15, -0.1) is 0 Å². The van der Waals surface area contributed by atoms with E-state index in [0.29, 0.717) is 12.8 Å². The Hall–Kier alpha value is -2.16. The van der Waals surface area contributed by atoms with Crippen molar-refractivity contribution in [2.24, 2.45) is 11.8 Å². The number of rotatable bonds is 4. The standard InChI is InChI=1S/C13H14N2O4/c14-6-8-19-11(16)5-7-15-12(17)9-3-1-2-4-10(9)13(15)18/h1-2,9-10H,3-5,7-8H2/t9-,10-/m1/s1. The van der Waals surface area contributed by atoms with Gasteiger partial charge in [-0.05, 0) is 12.8 Å². The van der Waals surface area contributed by atoms with Gasteiger partial charge in [-0.3, -0.25) is 19.3 Å². The molecule has 2 amide bonds. The molecule has 2 atom stereocenters. The normalized spacial score (nSPS) is 25.1. The third-order valence-corrected chi connectivity index (χ3v) is 3.44. The van der Waals surface area contributed by atoms with E-state index < -0.39 is 5.97 Å². The first-order valence-electron chi connectivity index (χ1n) is 6.18. The van der Waals surface area contributed by atoms with Crippen molar-refractivity contribution in [2.45, 2.75) is 19.3 Å². The summed E-state index contributed by atoms with van der Waals surface area (Å²) in [5, 5.41) is 8.27. The van der Waals surface area contributed by atoms with Crippen LogP contribution in [0.2, 0.25) is 0 Å².